The Kier molecular flexibility index (Phi) is 5.50. The molecule has 0 radical (unpaired) electrons. The highest BCUT2D eigenvalue weighted by Gasteiger charge is 2.25. The van der Waals surface area contributed by atoms with Crippen LogP contribution in [0.4, 0.5) is 11.4 Å². The lowest BCUT2D eigenvalue weighted by molar-refractivity contribution is -0.113. The number of morpholine rings is 1. The van der Waals surface area contributed by atoms with E-state index in [0.29, 0.717) is 10.1 Å². The number of rotatable bonds is 3. The molecule has 2 heterocycles. The summed E-state index contributed by atoms with van der Waals surface area (Å²) in [6.07, 6.45) is 1.91. The molecule has 0 N–H and O–H groups in total. The topological polar surface area (TPSA) is 45.1 Å². The Morgan fingerprint density at radius 3 is 2.54 bits per heavy atom. The van der Waals surface area contributed by atoms with Crippen LogP contribution in [-0.2, 0) is 9.53 Å². The molecule has 0 unspecified atom stereocenters. The number of benzene rings is 2. The fourth-order valence-electron chi connectivity index (χ4n) is 3.34. The number of amides is 1. The van der Waals surface area contributed by atoms with Gasteiger partial charge in [0.1, 0.15) is 0 Å². The fraction of sp³-hybridized carbons (Fsp3) is 0.273. The SMILES string of the molecule is Cc1ccccc1N(C)C1=NC(=O)/C(=C\c2ccc(N3CCOCC3)cc2)S1. The molecule has 2 aliphatic rings. The minimum Gasteiger partial charge on any atom is -0.378 e. The number of aryl methyl sites for hydroxylation is 1. The Labute approximate surface area is 169 Å². The summed E-state index contributed by atoms with van der Waals surface area (Å²) in [5, 5.41) is 0.704. The number of aliphatic imine (C=N–C) groups is 1. The van der Waals surface area contributed by atoms with E-state index in [1.165, 1.54) is 17.4 Å². The van der Waals surface area contributed by atoms with E-state index < -0.39 is 0 Å². The van der Waals surface area contributed by atoms with Gasteiger partial charge in [-0.2, -0.15) is 4.99 Å². The molecule has 4 rings (SSSR count). The highest BCUT2D eigenvalue weighted by molar-refractivity contribution is 8.18. The van der Waals surface area contributed by atoms with E-state index in [4.69, 9.17) is 4.74 Å². The third kappa shape index (κ3) is 3.98. The van der Waals surface area contributed by atoms with Crippen molar-refractivity contribution in [3.8, 4) is 0 Å². The third-order valence-corrected chi connectivity index (χ3v) is 6.00. The van der Waals surface area contributed by atoms with Crippen molar-refractivity contribution in [1.82, 2.24) is 0 Å². The van der Waals surface area contributed by atoms with Gasteiger partial charge in [0, 0.05) is 31.5 Å². The van der Waals surface area contributed by atoms with Gasteiger partial charge in [-0.05, 0) is 54.1 Å². The van der Waals surface area contributed by atoms with E-state index in [-0.39, 0.29) is 5.91 Å². The van der Waals surface area contributed by atoms with E-state index in [2.05, 4.69) is 47.1 Å². The number of anilines is 2. The van der Waals surface area contributed by atoms with Gasteiger partial charge in [0.05, 0.1) is 18.1 Å². The molecular weight excluding hydrogens is 370 g/mol. The molecule has 1 saturated heterocycles. The maximum atomic E-state index is 12.4. The summed E-state index contributed by atoms with van der Waals surface area (Å²) < 4.78 is 5.41. The van der Waals surface area contributed by atoms with Crippen molar-refractivity contribution in [2.45, 2.75) is 6.92 Å². The average Bonchev–Trinajstić information content (AvgIpc) is 3.09. The number of thioether (sulfide) groups is 1. The van der Waals surface area contributed by atoms with Crippen molar-refractivity contribution in [3.05, 3.63) is 64.6 Å². The van der Waals surface area contributed by atoms with Crippen molar-refractivity contribution < 1.29 is 9.53 Å². The molecule has 144 valence electrons. The van der Waals surface area contributed by atoms with Gasteiger partial charge >= 0.3 is 0 Å². The molecule has 1 fully saturated rings. The maximum Gasteiger partial charge on any atom is 0.286 e. The molecule has 0 spiro atoms. The summed E-state index contributed by atoms with van der Waals surface area (Å²) in [6, 6.07) is 16.4. The quantitative estimate of drug-likeness (QED) is 0.739. The second kappa shape index (κ2) is 8.20. The average molecular weight is 394 g/mol. The molecule has 2 aromatic carbocycles. The number of nitrogens with zero attached hydrogens (tertiary/aromatic N) is 3. The molecule has 0 saturated carbocycles. The van der Waals surface area contributed by atoms with E-state index in [1.54, 1.807) is 0 Å². The zero-order valence-electron chi connectivity index (χ0n) is 16.1. The molecule has 0 atom stereocenters. The summed E-state index contributed by atoms with van der Waals surface area (Å²) in [7, 11) is 1.95. The number of hydrogen-bond acceptors (Lipinski definition) is 5. The molecule has 5 nitrogen and oxygen atoms in total. The van der Waals surface area contributed by atoms with Gasteiger partial charge in [-0.25, -0.2) is 0 Å². The van der Waals surface area contributed by atoms with Crippen molar-refractivity contribution in [1.29, 1.82) is 0 Å². The maximum absolute atomic E-state index is 12.4. The second-order valence-corrected chi connectivity index (χ2v) is 7.86. The van der Waals surface area contributed by atoms with Crippen LogP contribution in [0.15, 0.2) is 58.4 Å². The lowest BCUT2D eigenvalue weighted by Gasteiger charge is -2.28. The number of para-hydroxylation sites is 1. The summed E-state index contributed by atoms with van der Waals surface area (Å²) in [5.41, 5.74) is 4.39. The molecule has 2 aliphatic heterocycles. The van der Waals surface area contributed by atoms with Crippen LogP contribution < -0.4 is 9.80 Å². The number of ether oxygens (including phenoxy) is 1. The first-order chi connectivity index (χ1) is 13.6. The van der Waals surface area contributed by atoms with Crippen LogP contribution in [0.2, 0.25) is 0 Å². The largest absolute Gasteiger partial charge is 0.378 e. The van der Waals surface area contributed by atoms with Crippen LogP contribution in [0.1, 0.15) is 11.1 Å². The van der Waals surface area contributed by atoms with Crippen LogP contribution >= 0.6 is 11.8 Å². The second-order valence-electron chi connectivity index (χ2n) is 6.85. The van der Waals surface area contributed by atoms with E-state index in [1.807, 2.05) is 36.2 Å². The van der Waals surface area contributed by atoms with Crippen molar-refractivity contribution >= 4 is 40.3 Å². The lowest BCUT2D eigenvalue weighted by Crippen LogP contribution is -2.36. The van der Waals surface area contributed by atoms with Crippen molar-refractivity contribution in [3.63, 3.8) is 0 Å². The smallest absolute Gasteiger partial charge is 0.286 e. The fourth-order valence-corrected chi connectivity index (χ4v) is 4.23. The lowest BCUT2D eigenvalue weighted by atomic mass is 10.1. The highest BCUT2D eigenvalue weighted by Crippen LogP contribution is 2.33. The van der Waals surface area contributed by atoms with Gasteiger partial charge in [0.2, 0.25) is 0 Å². The standard InChI is InChI=1S/C22H23N3O2S/c1-16-5-3-4-6-19(16)24(2)22-23-21(26)20(28-22)15-17-7-9-18(10-8-17)25-11-13-27-14-12-25/h3-10,15H,11-14H2,1-2H3/b20-15+. The van der Waals surface area contributed by atoms with E-state index >= 15 is 0 Å². The van der Waals surface area contributed by atoms with Gasteiger partial charge < -0.3 is 14.5 Å². The van der Waals surface area contributed by atoms with Crippen LogP contribution in [0.25, 0.3) is 6.08 Å². The van der Waals surface area contributed by atoms with E-state index in [9.17, 15) is 4.79 Å². The molecule has 0 bridgehead atoms. The Bertz CT molecular complexity index is 931. The Morgan fingerprint density at radius 1 is 1.11 bits per heavy atom. The minimum absolute atomic E-state index is 0.183. The monoisotopic (exact) mass is 393 g/mol. The Morgan fingerprint density at radius 2 is 1.82 bits per heavy atom. The van der Waals surface area contributed by atoms with Crippen molar-refractivity contribution in [2.75, 3.05) is 43.2 Å². The van der Waals surface area contributed by atoms with Crippen LogP contribution in [0.5, 0.6) is 0 Å². The summed E-state index contributed by atoms with van der Waals surface area (Å²) in [4.78, 5) is 21.6. The molecule has 28 heavy (non-hydrogen) atoms. The molecule has 2 aromatic rings. The Balaban J connectivity index is 1.47. The third-order valence-electron chi connectivity index (χ3n) is 4.94. The predicted octanol–water partition coefficient (Wildman–Crippen LogP) is 3.94. The van der Waals surface area contributed by atoms with Gasteiger partial charge in [-0.3, -0.25) is 4.79 Å². The molecular formula is C22H23N3O2S. The molecule has 0 aliphatic carbocycles. The van der Waals surface area contributed by atoms with Gasteiger partial charge in [-0.1, -0.05) is 30.3 Å². The van der Waals surface area contributed by atoms with E-state index in [0.717, 1.165) is 43.1 Å². The number of amidine groups is 1. The molecule has 1 amide bonds. The van der Waals surface area contributed by atoms with Crippen LogP contribution in [0, 0.1) is 6.92 Å². The zero-order chi connectivity index (χ0) is 19.5. The zero-order valence-corrected chi connectivity index (χ0v) is 16.9. The number of carbonyl (C=O) groups excluding carboxylic acids is 1. The van der Waals surface area contributed by atoms with Crippen molar-refractivity contribution in [2.24, 2.45) is 4.99 Å². The van der Waals surface area contributed by atoms with Gasteiger partial charge in [-0.15, -0.1) is 0 Å². The first-order valence-corrected chi connectivity index (χ1v) is 10.2. The summed E-state index contributed by atoms with van der Waals surface area (Å²) >= 11 is 1.42. The first kappa shape index (κ1) is 18.8. The molecule has 0 aromatic heterocycles. The van der Waals surface area contributed by atoms with Gasteiger partial charge in [0.15, 0.2) is 5.17 Å². The van der Waals surface area contributed by atoms with Crippen LogP contribution in [0.3, 0.4) is 0 Å². The summed E-state index contributed by atoms with van der Waals surface area (Å²) in [6.45, 7) is 5.42. The van der Waals surface area contributed by atoms with Gasteiger partial charge in [0.25, 0.3) is 5.91 Å². The summed E-state index contributed by atoms with van der Waals surface area (Å²) in [5.74, 6) is -0.183. The highest BCUT2D eigenvalue weighted by atomic mass is 32.2. The predicted molar refractivity (Wildman–Crippen MR) is 117 cm³/mol. The Hall–Kier alpha value is -2.57. The molecule has 6 heteroatoms. The minimum atomic E-state index is -0.183. The number of hydrogen-bond donors (Lipinski definition) is 0. The number of carbonyl (C=O) groups is 1. The van der Waals surface area contributed by atoms with Crippen LogP contribution in [-0.4, -0.2) is 44.4 Å². The normalized spacial score (nSPS) is 18.5. The first-order valence-electron chi connectivity index (χ1n) is 9.36.